The lowest BCUT2D eigenvalue weighted by Gasteiger charge is -2.25. The first-order chi connectivity index (χ1) is 14.0. The summed E-state index contributed by atoms with van der Waals surface area (Å²) >= 11 is 0. The van der Waals surface area contributed by atoms with Crippen LogP contribution in [0.3, 0.4) is 0 Å². The third kappa shape index (κ3) is 4.10. The summed E-state index contributed by atoms with van der Waals surface area (Å²) < 4.78 is 5.76. The highest BCUT2D eigenvalue weighted by molar-refractivity contribution is 5.94. The van der Waals surface area contributed by atoms with Crippen LogP contribution in [0.25, 0.3) is 10.9 Å². The van der Waals surface area contributed by atoms with E-state index in [-0.39, 0.29) is 24.1 Å². The van der Waals surface area contributed by atoms with Crippen LogP contribution < -0.4 is 5.56 Å². The summed E-state index contributed by atoms with van der Waals surface area (Å²) in [5.74, 6) is -0.0827. The van der Waals surface area contributed by atoms with E-state index in [0.717, 1.165) is 41.5 Å². The first-order valence-corrected chi connectivity index (χ1v) is 10.1. The lowest BCUT2D eigenvalue weighted by Crippen LogP contribution is -2.38. The molecule has 1 aliphatic heterocycles. The zero-order valence-corrected chi connectivity index (χ0v) is 16.9. The summed E-state index contributed by atoms with van der Waals surface area (Å²) in [7, 11) is 0. The van der Waals surface area contributed by atoms with E-state index in [2.05, 4.69) is 11.1 Å². The third-order valence-electron chi connectivity index (χ3n) is 5.75. The number of nitrogens with zero attached hydrogens (tertiary/aromatic N) is 1. The molecule has 29 heavy (non-hydrogen) atoms. The van der Waals surface area contributed by atoms with Gasteiger partial charge in [-0.05, 0) is 61.4 Å². The second kappa shape index (κ2) is 8.21. The number of nitrogens with one attached hydrogen (secondary N) is 1. The third-order valence-corrected chi connectivity index (χ3v) is 5.75. The monoisotopic (exact) mass is 390 g/mol. The number of hydrogen-bond donors (Lipinski definition) is 1. The Bertz CT molecular complexity index is 1080. The molecule has 1 atom stereocenters. The fourth-order valence-corrected chi connectivity index (χ4v) is 3.91. The van der Waals surface area contributed by atoms with Crippen molar-refractivity contribution in [3.8, 4) is 0 Å². The number of rotatable bonds is 5. The SMILES string of the molecule is Cc1ccc2cc(CN(CC3CCCO3)C(=O)c3ccccc3)c(=O)[nH]c2c1C. The predicted molar refractivity (Wildman–Crippen MR) is 114 cm³/mol. The van der Waals surface area contributed by atoms with Crippen molar-refractivity contribution in [3.63, 3.8) is 0 Å². The summed E-state index contributed by atoms with van der Waals surface area (Å²) in [6.45, 7) is 5.51. The Morgan fingerprint density at radius 2 is 1.97 bits per heavy atom. The molecule has 1 aromatic heterocycles. The zero-order valence-electron chi connectivity index (χ0n) is 16.9. The van der Waals surface area contributed by atoms with Gasteiger partial charge in [0.15, 0.2) is 0 Å². The Hall–Kier alpha value is -2.92. The van der Waals surface area contributed by atoms with E-state index in [9.17, 15) is 9.59 Å². The van der Waals surface area contributed by atoms with Crippen LogP contribution in [0.2, 0.25) is 0 Å². The minimum absolute atomic E-state index is 0.0205. The van der Waals surface area contributed by atoms with E-state index < -0.39 is 0 Å². The van der Waals surface area contributed by atoms with Crippen molar-refractivity contribution in [1.82, 2.24) is 9.88 Å². The van der Waals surface area contributed by atoms with E-state index >= 15 is 0 Å². The van der Waals surface area contributed by atoms with E-state index in [1.807, 2.05) is 56.3 Å². The number of amides is 1. The number of carbonyl (C=O) groups excluding carboxylic acids is 1. The molecular weight excluding hydrogens is 364 g/mol. The molecule has 1 aliphatic rings. The highest BCUT2D eigenvalue weighted by Crippen LogP contribution is 2.21. The largest absolute Gasteiger partial charge is 0.376 e. The minimum Gasteiger partial charge on any atom is -0.376 e. The van der Waals surface area contributed by atoms with Gasteiger partial charge in [0.1, 0.15) is 0 Å². The van der Waals surface area contributed by atoms with Gasteiger partial charge < -0.3 is 14.6 Å². The normalized spacial score (nSPS) is 16.3. The molecule has 2 aromatic carbocycles. The first kappa shape index (κ1) is 19.4. The highest BCUT2D eigenvalue weighted by atomic mass is 16.5. The average molecular weight is 390 g/mol. The Labute approximate surface area is 170 Å². The van der Waals surface area contributed by atoms with Crippen LogP contribution in [0.4, 0.5) is 0 Å². The standard InChI is InChI=1S/C24H26N2O3/c1-16-10-11-19-13-20(23(27)25-22(19)17(16)2)14-26(15-21-9-6-12-29-21)24(28)18-7-4-3-5-8-18/h3-5,7-8,10-11,13,21H,6,9,12,14-15H2,1-2H3,(H,25,27). The van der Waals surface area contributed by atoms with Crippen molar-refractivity contribution in [2.75, 3.05) is 13.2 Å². The summed E-state index contributed by atoms with van der Waals surface area (Å²) in [5.41, 5.74) is 4.13. The van der Waals surface area contributed by atoms with Crippen LogP contribution in [0.5, 0.6) is 0 Å². The van der Waals surface area contributed by atoms with E-state index in [1.54, 1.807) is 4.90 Å². The fraction of sp³-hybridized carbons (Fsp3) is 0.333. The number of H-pyrrole nitrogens is 1. The van der Waals surface area contributed by atoms with Crippen molar-refractivity contribution >= 4 is 16.8 Å². The summed E-state index contributed by atoms with van der Waals surface area (Å²) in [6.07, 6.45) is 1.96. The first-order valence-electron chi connectivity index (χ1n) is 10.1. The molecule has 1 unspecified atom stereocenters. The van der Waals surface area contributed by atoms with Gasteiger partial charge in [-0.1, -0.05) is 30.3 Å². The Morgan fingerprint density at radius 3 is 2.69 bits per heavy atom. The lowest BCUT2D eigenvalue weighted by atomic mass is 10.0. The van der Waals surface area contributed by atoms with Crippen molar-refractivity contribution in [2.24, 2.45) is 0 Å². The van der Waals surface area contributed by atoms with Crippen LogP contribution in [-0.2, 0) is 11.3 Å². The van der Waals surface area contributed by atoms with Crippen LogP contribution in [0.15, 0.2) is 53.3 Å². The van der Waals surface area contributed by atoms with Gasteiger partial charge in [0.05, 0.1) is 18.2 Å². The van der Waals surface area contributed by atoms with Crippen LogP contribution in [0, 0.1) is 13.8 Å². The molecule has 2 heterocycles. The smallest absolute Gasteiger partial charge is 0.254 e. The number of benzene rings is 2. The average Bonchev–Trinajstić information content (AvgIpc) is 3.25. The molecule has 0 bridgehead atoms. The van der Waals surface area contributed by atoms with E-state index in [1.165, 1.54) is 0 Å². The van der Waals surface area contributed by atoms with Gasteiger partial charge in [-0.25, -0.2) is 0 Å². The Kier molecular flexibility index (Phi) is 5.49. The molecule has 0 saturated carbocycles. The van der Waals surface area contributed by atoms with Gasteiger partial charge in [-0.2, -0.15) is 0 Å². The van der Waals surface area contributed by atoms with Gasteiger partial charge in [-0.3, -0.25) is 9.59 Å². The van der Waals surface area contributed by atoms with Crippen molar-refractivity contribution in [2.45, 2.75) is 39.3 Å². The maximum atomic E-state index is 13.2. The Morgan fingerprint density at radius 1 is 1.17 bits per heavy atom. The number of carbonyl (C=O) groups is 1. The molecule has 150 valence electrons. The molecule has 1 N–H and O–H groups in total. The molecule has 1 fully saturated rings. The van der Waals surface area contributed by atoms with E-state index in [4.69, 9.17) is 4.74 Å². The molecule has 1 amide bonds. The maximum absolute atomic E-state index is 13.2. The second-order valence-electron chi connectivity index (χ2n) is 7.78. The second-order valence-corrected chi connectivity index (χ2v) is 7.78. The number of pyridine rings is 1. The predicted octanol–water partition coefficient (Wildman–Crippen LogP) is 3.97. The van der Waals surface area contributed by atoms with E-state index in [0.29, 0.717) is 17.7 Å². The molecule has 5 nitrogen and oxygen atoms in total. The van der Waals surface area contributed by atoms with Gasteiger partial charge >= 0.3 is 0 Å². The van der Waals surface area contributed by atoms with Gasteiger partial charge in [0.25, 0.3) is 11.5 Å². The molecule has 0 radical (unpaired) electrons. The Balaban J connectivity index is 1.68. The molecule has 3 aromatic rings. The quantitative estimate of drug-likeness (QED) is 0.717. The number of ether oxygens (including phenoxy) is 1. The van der Waals surface area contributed by atoms with Crippen LogP contribution in [0.1, 0.15) is 39.9 Å². The number of aromatic amines is 1. The molecule has 4 rings (SSSR count). The molecule has 0 spiro atoms. The maximum Gasteiger partial charge on any atom is 0.254 e. The zero-order chi connectivity index (χ0) is 20.4. The minimum atomic E-state index is -0.149. The topological polar surface area (TPSA) is 62.4 Å². The number of fused-ring (bicyclic) bond motifs is 1. The summed E-state index contributed by atoms with van der Waals surface area (Å²) in [4.78, 5) is 30.7. The highest BCUT2D eigenvalue weighted by Gasteiger charge is 2.24. The van der Waals surface area contributed by atoms with Gasteiger partial charge in [0, 0.05) is 24.3 Å². The lowest BCUT2D eigenvalue weighted by molar-refractivity contribution is 0.0506. The van der Waals surface area contributed by atoms with Crippen molar-refractivity contribution in [1.29, 1.82) is 0 Å². The number of aryl methyl sites for hydroxylation is 2. The molecule has 1 saturated heterocycles. The van der Waals surface area contributed by atoms with Crippen LogP contribution >= 0.6 is 0 Å². The van der Waals surface area contributed by atoms with Crippen molar-refractivity contribution < 1.29 is 9.53 Å². The summed E-state index contributed by atoms with van der Waals surface area (Å²) in [6, 6.07) is 15.2. The molecule has 5 heteroatoms. The van der Waals surface area contributed by atoms with Crippen molar-refractivity contribution in [3.05, 3.63) is 81.1 Å². The number of aromatic nitrogens is 1. The fourth-order valence-electron chi connectivity index (χ4n) is 3.91. The van der Waals surface area contributed by atoms with Gasteiger partial charge in [-0.15, -0.1) is 0 Å². The molecular formula is C24H26N2O3. The van der Waals surface area contributed by atoms with Gasteiger partial charge in [0.2, 0.25) is 0 Å². The number of hydrogen-bond acceptors (Lipinski definition) is 3. The molecule has 0 aliphatic carbocycles. The van der Waals surface area contributed by atoms with Crippen LogP contribution in [-0.4, -0.2) is 35.0 Å². The summed E-state index contributed by atoms with van der Waals surface area (Å²) in [5, 5.41) is 0.979.